The molecule has 0 aliphatic heterocycles. The number of carbonyl (C=O) groups is 1. The second kappa shape index (κ2) is 9.92. The zero-order valence-corrected chi connectivity index (χ0v) is 20.2. The van der Waals surface area contributed by atoms with Crippen molar-refractivity contribution in [3.63, 3.8) is 0 Å². The first-order valence-corrected chi connectivity index (χ1v) is 15.4. The van der Waals surface area contributed by atoms with Gasteiger partial charge in [-0.15, -0.1) is 0 Å². The summed E-state index contributed by atoms with van der Waals surface area (Å²) in [5, 5.41) is 0. The molecule has 0 heterocycles. The summed E-state index contributed by atoms with van der Waals surface area (Å²) in [4.78, 5) is 12.0. The maximum Gasteiger partial charge on any atom is 0.250 e. The molecular formula is C19H33BrO3Si2. The average molecular weight is 446 g/mol. The van der Waals surface area contributed by atoms with Gasteiger partial charge >= 0.3 is 0 Å². The Kier molecular flexibility index (Phi) is 8.91. The average Bonchev–Trinajstić information content (AvgIpc) is 2.64. The maximum absolute atomic E-state index is 12.0. The van der Waals surface area contributed by atoms with Crippen molar-refractivity contribution >= 4 is 37.3 Å². The summed E-state index contributed by atoms with van der Waals surface area (Å²) in [5.41, 5.74) is 0.594. The fraction of sp³-hybridized carbons (Fsp3) is 0.632. The van der Waals surface area contributed by atoms with Crippen LogP contribution in [0, 0.1) is 0 Å². The van der Waals surface area contributed by atoms with Gasteiger partial charge in [-0.05, 0) is 64.3 Å². The molecule has 0 fully saturated rings. The predicted molar refractivity (Wildman–Crippen MR) is 115 cm³/mol. The molecule has 6 heteroatoms. The number of hydrogen-bond donors (Lipinski definition) is 0. The van der Waals surface area contributed by atoms with Gasteiger partial charge in [-0.25, -0.2) is 0 Å². The molecular weight excluding hydrogens is 412 g/mol. The van der Waals surface area contributed by atoms with E-state index in [4.69, 9.17) is 8.85 Å². The van der Waals surface area contributed by atoms with Gasteiger partial charge in [0.25, 0.3) is 8.32 Å². The molecule has 0 amide bonds. The highest BCUT2D eigenvalue weighted by atomic mass is 79.9. The Hall–Kier alpha value is -0.596. The van der Waals surface area contributed by atoms with Crippen molar-refractivity contribution in [2.24, 2.45) is 0 Å². The highest BCUT2D eigenvalue weighted by Crippen LogP contribution is 2.34. The van der Waals surface area contributed by atoms with E-state index in [-0.39, 0.29) is 4.69 Å². The predicted octanol–water partition coefficient (Wildman–Crippen LogP) is 6.99. The van der Waals surface area contributed by atoms with Gasteiger partial charge in [0.2, 0.25) is 13.0 Å². The normalized spacial score (nSPS) is 12.1. The molecule has 0 aromatic heterocycles. The summed E-state index contributed by atoms with van der Waals surface area (Å²) < 4.78 is 12.9. The molecule has 0 unspecified atom stereocenters. The van der Waals surface area contributed by atoms with Crippen LogP contribution >= 0.6 is 15.9 Å². The summed E-state index contributed by atoms with van der Waals surface area (Å²) in [6.07, 6.45) is 0. The van der Waals surface area contributed by atoms with E-state index in [0.29, 0.717) is 11.3 Å². The summed E-state index contributed by atoms with van der Waals surface area (Å²) >= 11 is 3.10. The Bertz CT molecular complexity index is 553. The molecule has 0 N–H and O–H groups in total. The lowest BCUT2D eigenvalue weighted by Crippen LogP contribution is -2.40. The SMILES string of the molecule is CC[Si](CC)(CC)Oc1ccc(C(=O)Br)c(O[Si](CC)(CC)CC)c1. The topological polar surface area (TPSA) is 35.5 Å². The highest BCUT2D eigenvalue weighted by Gasteiger charge is 2.33. The Morgan fingerprint density at radius 1 is 0.840 bits per heavy atom. The minimum atomic E-state index is -1.86. The summed E-state index contributed by atoms with van der Waals surface area (Å²) in [6.45, 7) is 13.2. The first-order valence-electron chi connectivity index (χ1n) is 9.56. The van der Waals surface area contributed by atoms with Gasteiger partial charge < -0.3 is 8.85 Å². The van der Waals surface area contributed by atoms with E-state index in [1.54, 1.807) is 0 Å². The molecule has 3 nitrogen and oxygen atoms in total. The molecule has 0 saturated heterocycles. The minimum absolute atomic E-state index is 0.134. The van der Waals surface area contributed by atoms with Crippen LogP contribution in [-0.2, 0) is 0 Å². The van der Waals surface area contributed by atoms with Crippen LogP contribution in [0.4, 0.5) is 0 Å². The molecule has 25 heavy (non-hydrogen) atoms. The van der Waals surface area contributed by atoms with E-state index in [9.17, 15) is 4.79 Å². The molecule has 0 atom stereocenters. The van der Waals surface area contributed by atoms with Crippen LogP contribution in [0.3, 0.4) is 0 Å². The van der Waals surface area contributed by atoms with Gasteiger partial charge in [-0.3, -0.25) is 4.79 Å². The lowest BCUT2D eigenvalue weighted by atomic mass is 10.2. The number of rotatable bonds is 11. The number of halogens is 1. The first kappa shape index (κ1) is 22.4. The van der Waals surface area contributed by atoms with Crippen LogP contribution < -0.4 is 8.85 Å². The Balaban J connectivity index is 3.28. The Labute approximate surface area is 163 Å². The van der Waals surface area contributed by atoms with E-state index in [1.165, 1.54) is 0 Å². The first-order chi connectivity index (χ1) is 11.8. The van der Waals surface area contributed by atoms with Gasteiger partial charge in [-0.1, -0.05) is 41.5 Å². The standard InChI is InChI=1S/C19H33BrO3Si2/c1-7-24(8-2,9-3)22-16-13-14-17(19(20)21)18(15-16)23-25(10-4,11-5)12-6/h13-15H,7-12H2,1-6H3. The zero-order valence-electron chi connectivity index (χ0n) is 16.6. The van der Waals surface area contributed by atoms with Crippen molar-refractivity contribution in [3.05, 3.63) is 23.8 Å². The third-order valence-corrected chi connectivity index (χ3v) is 15.2. The lowest BCUT2D eigenvalue weighted by Gasteiger charge is -2.32. The monoisotopic (exact) mass is 444 g/mol. The highest BCUT2D eigenvalue weighted by molar-refractivity contribution is 9.18. The summed E-state index contributed by atoms with van der Waals surface area (Å²) in [7, 11) is -3.61. The number of benzene rings is 1. The van der Waals surface area contributed by atoms with Crippen molar-refractivity contribution in [2.75, 3.05) is 0 Å². The smallest absolute Gasteiger partial charge is 0.250 e. The molecule has 0 aliphatic rings. The molecule has 142 valence electrons. The van der Waals surface area contributed by atoms with Crippen LogP contribution in [0.25, 0.3) is 0 Å². The van der Waals surface area contributed by atoms with Gasteiger partial charge in [0.1, 0.15) is 11.5 Å². The van der Waals surface area contributed by atoms with E-state index < -0.39 is 16.6 Å². The van der Waals surface area contributed by atoms with Crippen molar-refractivity contribution in [1.82, 2.24) is 0 Å². The van der Waals surface area contributed by atoms with Crippen LogP contribution in [0.2, 0.25) is 36.3 Å². The van der Waals surface area contributed by atoms with E-state index in [1.807, 2.05) is 18.2 Å². The minimum Gasteiger partial charge on any atom is -0.543 e. The van der Waals surface area contributed by atoms with Crippen LogP contribution in [0.5, 0.6) is 11.5 Å². The largest absolute Gasteiger partial charge is 0.543 e. The van der Waals surface area contributed by atoms with Crippen molar-refractivity contribution in [1.29, 1.82) is 0 Å². The van der Waals surface area contributed by atoms with Crippen LogP contribution in [-0.4, -0.2) is 21.3 Å². The fourth-order valence-electron chi connectivity index (χ4n) is 3.23. The number of hydrogen-bond acceptors (Lipinski definition) is 3. The van der Waals surface area contributed by atoms with Gasteiger partial charge in [0, 0.05) is 6.07 Å². The van der Waals surface area contributed by atoms with Gasteiger partial charge in [0.15, 0.2) is 0 Å². The summed E-state index contributed by atoms with van der Waals surface area (Å²) in [5.74, 6) is 1.53. The number of carbonyl (C=O) groups excluding carboxylic acids is 1. The second-order valence-electron chi connectivity index (χ2n) is 6.62. The zero-order chi connectivity index (χ0) is 19.1. The molecule has 0 aliphatic carbocycles. The molecule has 0 bridgehead atoms. The second-order valence-corrected chi connectivity index (χ2v) is 16.7. The van der Waals surface area contributed by atoms with E-state index in [2.05, 4.69) is 57.5 Å². The Morgan fingerprint density at radius 2 is 1.28 bits per heavy atom. The summed E-state index contributed by atoms with van der Waals surface area (Å²) in [6, 6.07) is 12.1. The molecule has 0 saturated carbocycles. The maximum atomic E-state index is 12.0. The fourth-order valence-corrected chi connectivity index (χ4v) is 8.69. The molecule has 1 rings (SSSR count). The molecule has 1 aromatic carbocycles. The molecule has 0 radical (unpaired) electrons. The Morgan fingerprint density at radius 3 is 1.68 bits per heavy atom. The van der Waals surface area contributed by atoms with Crippen LogP contribution in [0.15, 0.2) is 18.2 Å². The van der Waals surface area contributed by atoms with Crippen molar-refractivity contribution in [2.45, 2.75) is 77.8 Å². The third kappa shape index (κ3) is 5.44. The van der Waals surface area contributed by atoms with Crippen LogP contribution in [0.1, 0.15) is 51.9 Å². The molecule has 1 aromatic rings. The van der Waals surface area contributed by atoms with Crippen molar-refractivity contribution < 1.29 is 13.6 Å². The third-order valence-electron chi connectivity index (χ3n) is 5.69. The quantitative estimate of drug-likeness (QED) is 0.272. The van der Waals surface area contributed by atoms with E-state index >= 15 is 0 Å². The van der Waals surface area contributed by atoms with E-state index in [0.717, 1.165) is 42.0 Å². The molecule has 0 spiro atoms. The lowest BCUT2D eigenvalue weighted by molar-refractivity contribution is 0.109. The van der Waals surface area contributed by atoms with Gasteiger partial charge in [0.05, 0.1) is 5.56 Å². The van der Waals surface area contributed by atoms with Gasteiger partial charge in [-0.2, -0.15) is 0 Å². The van der Waals surface area contributed by atoms with Crippen molar-refractivity contribution in [3.8, 4) is 11.5 Å².